The first-order valence-corrected chi connectivity index (χ1v) is 11.5. The average Bonchev–Trinajstić information content (AvgIpc) is 2.80. The number of carboxylic acids is 1. The molecule has 2 aromatic rings. The lowest BCUT2D eigenvalue weighted by molar-refractivity contribution is -0.142. The number of amides is 1. The highest BCUT2D eigenvalue weighted by atomic mass is 16.6. The number of hydrogen-bond acceptors (Lipinski definition) is 11. The number of ether oxygens (including phenoxy) is 4. The highest BCUT2D eigenvalue weighted by Crippen LogP contribution is 2.30. The molecule has 13 heteroatoms. The van der Waals surface area contributed by atoms with Crippen LogP contribution < -0.4 is 30.0 Å². The molecule has 0 aliphatic heterocycles. The topological polar surface area (TPSA) is 198 Å². The summed E-state index contributed by atoms with van der Waals surface area (Å²) in [5.41, 5.74) is 6.81. The van der Waals surface area contributed by atoms with E-state index in [0.717, 1.165) is 20.8 Å². The van der Waals surface area contributed by atoms with Crippen molar-refractivity contribution in [1.29, 1.82) is 0 Å². The summed E-state index contributed by atoms with van der Waals surface area (Å²) in [5.74, 6) is -4.94. The Balaban J connectivity index is 2.17. The van der Waals surface area contributed by atoms with Gasteiger partial charge in [-0.25, -0.2) is 4.79 Å². The van der Waals surface area contributed by atoms with Crippen molar-refractivity contribution in [3.63, 3.8) is 0 Å². The van der Waals surface area contributed by atoms with E-state index in [1.807, 2.05) is 0 Å². The van der Waals surface area contributed by atoms with Gasteiger partial charge in [0.05, 0.1) is 6.04 Å². The number of carbonyl (C=O) groups is 6. The Morgan fingerprint density at radius 1 is 0.692 bits per heavy atom. The number of esters is 4. The van der Waals surface area contributed by atoms with Crippen LogP contribution >= 0.6 is 0 Å². The smallest absolute Gasteiger partial charge is 0.326 e. The number of nitrogens with two attached hydrogens (primary N) is 1. The van der Waals surface area contributed by atoms with Crippen molar-refractivity contribution in [1.82, 2.24) is 5.32 Å². The first-order valence-electron chi connectivity index (χ1n) is 11.5. The van der Waals surface area contributed by atoms with E-state index in [2.05, 4.69) is 5.32 Å². The molecule has 0 heterocycles. The zero-order chi connectivity index (χ0) is 29.3. The molecule has 2 aromatic carbocycles. The van der Waals surface area contributed by atoms with E-state index in [1.54, 1.807) is 0 Å². The lowest BCUT2D eigenvalue weighted by atomic mass is 10.0. The molecular formula is C26H28N2O11. The molecular weight excluding hydrogens is 516 g/mol. The van der Waals surface area contributed by atoms with Gasteiger partial charge < -0.3 is 35.1 Å². The fraction of sp³-hybridized carbons (Fsp3) is 0.308. The molecule has 39 heavy (non-hydrogen) atoms. The van der Waals surface area contributed by atoms with Gasteiger partial charge in [-0.3, -0.25) is 24.0 Å². The lowest BCUT2D eigenvalue weighted by Gasteiger charge is -2.19. The molecule has 0 saturated carbocycles. The fourth-order valence-corrected chi connectivity index (χ4v) is 3.37. The second-order valence-corrected chi connectivity index (χ2v) is 8.35. The zero-order valence-corrected chi connectivity index (χ0v) is 21.6. The third-order valence-corrected chi connectivity index (χ3v) is 4.88. The minimum absolute atomic E-state index is 0.00161. The molecule has 13 nitrogen and oxygen atoms in total. The Morgan fingerprint density at radius 2 is 1.08 bits per heavy atom. The van der Waals surface area contributed by atoms with Gasteiger partial charge in [-0.05, 0) is 41.8 Å². The van der Waals surface area contributed by atoms with E-state index in [-0.39, 0.29) is 35.8 Å². The Kier molecular flexibility index (Phi) is 10.7. The summed E-state index contributed by atoms with van der Waals surface area (Å²) in [6.07, 6.45) is -0.281. The lowest BCUT2D eigenvalue weighted by Crippen LogP contribution is -2.50. The van der Waals surface area contributed by atoms with E-state index in [1.165, 1.54) is 43.3 Å². The Morgan fingerprint density at radius 3 is 1.46 bits per heavy atom. The minimum Gasteiger partial charge on any atom is -0.480 e. The Bertz CT molecular complexity index is 1290. The molecule has 4 N–H and O–H groups in total. The van der Waals surface area contributed by atoms with Crippen LogP contribution in [0.3, 0.4) is 0 Å². The van der Waals surface area contributed by atoms with Crippen molar-refractivity contribution in [2.75, 3.05) is 0 Å². The number of rotatable bonds is 11. The van der Waals surface area contributed by atoms with Crippen LogP contribution in [-0.4, -0.2) is 52.9 Å². The molecule has 208 valence electrons. The molecule has 0 fully saturated rings. The first kappa shape index (κ1) is 30.4. The predicted molar refractivity (Wildman–Crippen MR) is 133 cm³/mol. The van der Waals surface area contributed by atoms with Crippen LogP contribution in [0, 0.1) is 0 Å². The van der Waals surface area contributed by atoms with Gasteiger partial charge in [0.25, 0.3) is 0 Å². The summed E-state index contributed by atoms with van der Waals surface area (Å²) in [6.45, 7) is 4.64. The maximum absolute atomic E-state index is 12.7. The maximum Gasteiger partial charge on any atom is 0.326 e. The molecule has 0 unspecified atom stereocenters. The molecule has 1 amide bonds. The van der Waals surface area contributed by atoms with Crippen LogP contribution in [0.15, 0.2) is 36.4 Å². The first-order chi connectivity index (χ1) is 18.2. The van der Waals surface area contributed by atoms with Crippen molar-refractivity contribution in [2.24, 2.45) is 5.73 Å². The van der Waals surface area contributed by atoms with Crippen molar-refractivity contribution in [3.8, 4) is 23.0 Å². The molecule has 2 rings (SSSR count). The number of carbonyl (C=O) groups excluding carboxylic acids is 5. The maximum atomic E-state index is 12.7. The fourth-order valence-electron chi connectivity index (χ4n) is 3.37. The zero-order valence-electron chi connectivity index (χ0n) is 21.6. The number of aliphatic carboxylic acids is 1. The molecule has 0 aliphatic carbocycles. The number of benzene rings is 2. The molecule has 0 aromatic heterocycles. The van der Waals surface area contributed by atoms with E-state index < -0.39 is 47.8 Å². The monoisotopic (exact) mass is 544 g/mol. The predicted octanol–water partition coefficient (Wildman–Crippen LogP) is 1.07. The van der Waals surface area contributed by atoms with Crippen LogP contribution in [0.2, 0.25) is 0 Å². The molecule has 0 aliphatic rings. The van der Waals surface area contributed by atoms with Crippen molar-refractivity contribution in [2.45, 2.75) is 52.6 Å². The number of carboxylic acid groups (broad SMARTS) is 1. The van der Waals surface area contributed by atoms with Crippen LogP contribution in [0.1, 0.15) is 38.8 Å². The molecule has 0 saturated heterocycles. The molecule has 0 radical (unpaired) electrons. The summed E-state index contributed by atoms with van der Waals surface area (Å²) in [5, 5.41) is 12.0. The molecule has 0 spiro atoms. The summed E-state index contributed by atoms with van der Waals surface area (Å²) < 4.78 is 20.1. The van der Waals surface area contributed by atoms with Gasteiger partial charge in [-0.1, -0.05) is 12.1 Å². The van der Waals surface area contributed by atoms with Gasteiger partial charge in [0.15, 0.2) is 23.0 Å². The summed E-state index contributed by atoms with van der Waals surface area (Å²) in [6, 6.07) is 5.77. The van der Waals surface area contributed by atoms with Gasteiger partial charge >= 0.3 is 29.8 Å². The highest BCUT2D eigenvalue weighted by molar-refractivity contribution is 5.87. The minimum atomic E-state index is -1.41. The highest BCUT2D eigenvalue weighted by Gasteiger charge is 2.25. The van der Waals surface area contributed by atoms with Gasteiger partial charge in [0, 0.05) is 34.1 Å². The third-order valence-electron chi connectivity index (χ3n) is 4.88. The number of hydrogen-bond donors (Lipinski definition) is 3. The van der Waals surface area contributed by atoms with Crippen molar-refractivity contribution < 1.29 is 52.8 Å². The SMILES string of the molecule is CC(=O)Oc1ccc(C[C@H](NC(=O)[C@@H](N)Cc2ccc(OC(C)=O)c(OC(C)=O)c2)C(=O)O)cc1OC(C)=O. The average molecular weight is 545 g/mol. The van der Waals surface area contributed by atoms with Gasteiger partial charge in [-0.2, -0.15) is 0 Å². The molecule has 0 bridgehead atoms. The number of nitrogens with one attached hydrogen (secondary N) is 1. The Hall–Kier alpha value is -4.78. The van der Waals surface area contributed by atoms with E-state index in [9.17, 15) is 33.9 Å². The van der Waals surface area contributed by atoms with E-state index in [0.29, 0.717) is 11.1 Å². The standard InChI is InChI=1S/C26H28N2O11/c1-13(29)36-21-7-5-17(11-23(21)38-15(3)31)9-19(27)25(33)28-20(26(34)35)10-18-6-8-22(37-14(2)30)24(12-18)39-16(4)32/h5-8,11-12,19-20H,9-10,27H2,1-4H3,(H,28,33)(H,34,35)/t19-,20-/m0/s1. The van der Waals surface area contributed by atoms with E-state index in [4.69, 9.17) is 24.7 Å². The van der Waals surface area contributed by atoms with Crippen molar-refractivity contribution in [3.05, 3.63) is 47.5 Å². The molecule has 2 atom stereocenters. The summed E-state index contributed by atoms with van der Waals surface area (Å²) in [4.78, 5) is 70.0. The Labute approximate surface area is 223 Å². The third kappa shape index (κ3) is 9.89. The van der Waals surface area contributed by atoms with Crippen LogP contribution in [-0.2, 0) is 41.6 Å². The van der Waals surface area contributed by atoms with Gasteiger partial charge in [-0.15, -0.1) is 0 Å². The summed E-state index contributed by atoms with van der Waals surface area (Å²) >= 11 is 0. The second-order valence-electron chi connectivity index (χ2n) is 8.35. The largest absolute Gasteiger partial charge is 0.480 e. The van der Waals surface area contributed by atoms with Crippen molar-refractivity contribution >= 4 is 35.8 Å². The second kappa shape index (κ2) is 13.7. The van der Waals surface area contributed by atoms with Crippen LogP contribution in [0.5, 0.6) is 23.0 Å². The summed E-state index contributed by atoms with van der Waals surface area (Å²) in [7, 11) is 0. The quantitative estimate of drug-likeness (QED) is 0.269. The van der Waals surface area contributed by atoms with Crippen LogP contribution in [0.25, 0.3) is 0 Å². The van der Waals surface area contributed by atoms with Crippen LogP contribution in [0.4, 0.5) is 0 Å². The normalized spacial score (nSPS) is 11.9. The van der Waals surface area contributed by atoms with Gasteiger partial charge in [0.1, 0.15) is 6.04 Å². The van der Waals surface area contributed by atoms with Gasteiger partial charge in [0.2, 0.25) is 5.91 Å². The van der Waals surface area contributed by atoms with E-state index >= 15 is 0 Å².